The molecule has 10 heteroatoms. The molecule has 0 aliphatic carbocycles. The SMILES string of the molecule is COCOc1c(/C=C/C(=O)N2N=Cc3ccccc3C2c2ccccc2)cc(Cc2cnc(N)nc2N)cc1OC. The predicted molar refractivity (Wildman–Crippen MR) is 157 cm³/mol. The number of nitrogen functional groups attached to an aromatic ring is 2. The number of benzene rings is 3. The number of amides is 1. The first kappa shape index (κ1) is 27.4. The summed E-state index contributed by atoms with van der Waals surface area (Å²) in [4.78, 5) is 21.8. The molecular formula is C31H30N6O4. The topological polar surface area (TPSA) is 138 Å². The monoisotopic (exact) mass is 550 g/mol. The van der Waals surface area contributed by atoms with Crippen molar-refractivity contribution in [3.63, 3.8) is 0 Å². The molecule has 0 radical (unpaired) electrons. The molecule has 4 N–H and O–H groups in total. The second-order valence-electron chi connectivity index (χ2n) is 9.29. The average Bonchev–Trinajstić information content (AvgIpc) is 3.00. The van der Waals surface area contributed by atoms with Gasteiger partial charge in [0, 0.05) is 42.5 Å². The molecule has 1 atom stereocenters. The number of fused-ring (bicyclic) bond motifs is 1. The van der Waals surface area contributed by atoms with Crippen molar-refractivity contribution < 1.29 is 19.0 Å². The number of nitrogens with two attached hydrogens (primary N) is 2. The summed E-state index contributed by atoms with van der Waals surface area (Å²) in [6.07, 6.45) is 6.86. The van der Waals surface area contributed by atoms with Crippen molar-refractivity contribution in [1.82, 2.24) is 15.0 Å². The van der Waals surface area contributed by atoms with E-state index in [0.717, 1.165) is 22.3 Å². The van der Waals surface area contributed by atoms with E-state index in [4.69, 9.17) is 25.7 Å². The van der Waals surface area contributed by atoms with Gasteiger partial charge < -0.3 is 25.7 Å². The summed E-state index contributed by atoms with van der Waals surface area (Å²) < 4.78 is 16.6. The molecule has 41 heavy (non-hydrogen) atoms. The highest BCUT2D eigenvalue weighted by atomic mass is 16.7. The van der Waals surface area contributed by atoms with Crippen molar-refractivity contribution in [2.24, 2.45) is 5.10 Å². The predicted octanol–water partition coefficient (Wildman–Crippen LogP) is 4.20. The highest BCUT2D eigenvalue weighted by Gasteiger charge is 2.29. The molecule has 1 aliphatic rings. The molecule has 0 spiro atoms. The minimum absolute atomic E-state index is 0.00741. The molecule has 1 aromatic heterocycles. The van der Waals surface area contributed by atoms with Crippen LogP contribution in [0.2, 0.25) is 0 Å². The van der Waals surface area contributed by atoms with E-state index < -0.39 is 0 Å². The minimum atomic E-state index is -0.381. The lowest BCUT2D eigenvalue weighted by atomic mass is 9.93. The number of hydrogen-bond acceptors (Lipinski definition) is 9. The van der Waals surface area contributed by atoms with Crippen LogP contribution in [0.25, 0.3) is 6.08 Å². The molecule has 208 valence electrons. The third kappa shape index (κ3) is 6.02. The van der Waals surface area contributed by atoms with Crippen LogP contribution in [0.4, 0.5) is 11.8 Å². The van der Waals surface area contributed by atoms with E-state index in [-0.39, 0.29) is 24.7 Å². The molecule has 10 nitrogen and oxygen atoms in total. The molecule has 0 saturated carbocycles. The Morgan fingerprint density at radius 2 is 1.83 bits per heavy atom. The molecule has 1 unspecified atom stereocenters. The van der Waals surface area contributed by atoms with Crippen molar-refractivity contribution in [2.75, 3.05) is 32.5 Å². The molecule has 1 amide bonds. The summed E-state index contributed by atoms with van der Waals surface area (Å²) in [5.74, 6) is 0.983. The quantitative estimate of drug-likeness (QED) is 0.234. The van der Waals surface area contributed by atoms with Crippen LogP contribution in [-0.4, -0.2) is 48.1 Å². The lowest BCUT2D eigenvalue weighted by Crippen LogP contribution is -2.33. The Morgan fingerprint density at radius 1 is 1.05 bits per heavy atom. The summed E-state index contributed by atoms with van der Waals surface area (Å²) in [7, 11) is 3.07. The average molecular weight is 551 g/mol. The Labute approximate surface area is 237 Å². The van der Waals surface area contributed by atoms with Crippen LogP contribution in [0.15, 0.2) is 84.1 Å². The number of carbonyl (C=O) groups is 1. The van der Waals surface area contributed by atoms with Crippen molar-refractivity contribution in [1.29, 1.82) is 0 Å². The summed E-state index contributed by atoms with van der Waals surface area (Å²) in [5.41, 5.74) is 16.8. The van der Waals surface area contributed by atoms with E-state index in [1.807, 2.05) is 66.7 Å². The van der Waals surface area contributed by atoms with Gasteiger partial charge in [-0.25, -0.2) is 9.99 Å². The fourth-order valence-corrected chi connectivity index (χ4v) is 4.70. The maximum atomic E-state index is 13.7. The van der Waals surface area contributed by atoms with E-state index in [0.29, 0.717) is 34.9 Å². The Balaban J connectivity index is 1.50. The number of carbonyl (C=O) groups excluding carboxylic acids is 1. The van der Waals surface area contributed by atoms with E-state index >= 15 is 0 Å². The Bertz CT molecular complexity index is 1610. The lowest BCUT2D eigenvalue weighted by molar-refractivity contribution is -0.127. The van der Waals surface area contributed by atoms with Crippen LogP contribution in [0.1, 0.15) is 39.4 Å². The Hall–Kier alpha value is -5.22. The third-order valence-corrected chi connectivity index (χ3v) is 6.60. The minimum Gasteiger partial charge on any atom is -0.493 e. The number of methoxy groups -OCH3 is 2. The molecule has 1 aliphatic heterocycles. The zero-order valence-corrected chi connectivity index (χ0v) is 22.7. The zero-order chi connectivity index (χ0) is 28.8. The molecule has 0 saturated heterocycles. The maximum absolute atomic E-state index is 13.7. The van der Waals surface area contributed by atoms with Gasteiger partial charge in [-0.15, -0.1) is 0 Å². The molecule has 2 heterocycles. The van der Waals surface area contributed by atoms with Gasteiger partial charge >= 0.3 is 0 Å². The standard InChI is InChI=1S/C31H30N6O4/c1-39-19-41-29-22(14-20(16-26(29)40-2)15-24-17-34-31(33)36-30(24)32)12-13-27(38)37-28(21-8-4-3-5-9-21)25-11-7-6-10-23(25)18-35-37/h3-14,16-18,28H,15,19H2,1-2H3,(H4,32,33,34,36)/b13-12+. The van der Waals surface area contributed by atoms with Crippen LogP contribution in [-0.2, 0) is 16.0 Å². The van der Waals surface area contributed by atoms with Crippen LogP contribution in [0.3, 0.4) is 0 Å². The second-order valence-corrected chi connectivity index (χ2v) is 9.29. The molecule has 4 aromatic rings. The number of aromatic nitrogens is 2. The van der Waals surface area contributed by atoms with E-state index in [2.05, 4.69) is 15.1 Å². The first-order valence-corrected chi connectivity index (χ1v) is 12.9. The highest BCUT2D eigenvalue weighted by Crippen LogP contribution is 2.36. The largest absolute Gasteiger partial charge is 0.493 e. The molecule has 5 rings (SSSR count). The maximum Gasteiger partial charge on any atom is 0.267 e. The number of nitrogens with zero attached hydrogens (tertiary/aromatic N) is 4. The summed E-state index contributed by atoms with van der Waals surface area (Å²) >= 11 is 0. The first-order chi connectivity index (χ1) is 20.0. The van der Waals surface area contributed by atoms with Crippen LogP contribution < -0.4 is 20.9 Å². The van der Waals surface area contributed by atoms with Gasteiger partial charge in [-0.1, -0.05) is 54.6 Å². The van der Waals surface area contributed by atoms with Crippen LogP contribution in [0, 0.1) is 0 Å². The van der Waals surface area contributed by atoms with E-state index in [1.54, 1.807) is 25.6 Å². The number of ether oxygens (including phenoxy) is 3. The normalized spacial score (nSPS) is 14.2. The van der Waals surface area contributed by atoms with Gasteiger partial charge in [-0.2, -0.15) is 10.1 Å². The molecule has 3 aromatic carbocycles. The van der Waals surface area contributed by atoms with Gasteiger partial charge in [0.1, 0.15) is 11.9 Å². The van der Waals surface area contributed by atoms with Gasteiger partial charge in [-0.3, -0.25) is 4.79 Å². The van der Waals surface area contributed by atoms with Gasteiger partial charge in [0.05, 0.1) is 13.3 Å². The third-order valence-electron chi connectivity index (χ3n) is 6.60. The van der Waals surface area contributed by atoms with Gasteiger partial charge in [0.25, 0.3) is 5.91 Å². The Kier molecular flexibility index (Phi) is 8.21. The fraction of sp³-hybridized carbons (Fsp3) is 0.161. The van der Waals surface area contributed by atoms with Crippen molar-refractivity contribution >= 4 is 30.0 Å². The number of hydrogen-bond donors (Lipinski definition) is 2. The molecule has 0 fully saturated rings. The lowest BCUT2D eigenvalue weighted by Gasteiger charge is -2.31. The zero-order valence-electron chi connectivity index (χ0n) is 22.7. The highest BCUT2D eigenvalue weighted by molar-refractivity contribution is 5.95. The van der Waals surface area contributed by atoms with Crippen molar-refractivity contribution in [2.45, 2.75) is 12.5 Å². The van der Waals surface area contributed by atoms with Gasteiger partial charge in [0.2, 0.25) is 5.95 Å². The van der Waals surface area contributed by atoms with Crippen LogP contribution in [0.5, 0.6) is 11.5 Å². The van der Waals surface area contributed by atoms with E-state index in [9.17, 15) is 4.79 Å². The van der Waals surface area contributed by atoms with Crippen molar-refractivity contribution in [3.05, 3.63) is 112 Å². The smallest absolute Gasteiger partial charge is 0.267 e. The fourth-order valence-electron chi connectivity index (χ4n) is 4.70. The summed E-state index contributed by atoms with van der Waals surface area (Å²) in [5, 5.41) is 6.01. The van der Waals surface area contributed by atoms with Gasteiger partial charge in [0.15, 0.2) is 18.3 Å². The Morgan fingerprint density at radius 3 is 2.59 bits per heavy atom. The molecular weight excluding hydrogens is 520 g/mol. The van der Waals surface area contributed by atoms with Gasteiger partial charge in [-0.05, 0) is 34.9 Å². The number of anilines is 2. The number of rotatable bonds is 9. The summed E-state index contributed by atoms with van der Waals surface area (Å²) in [6.45, 7) is -0.00741. The number of hydrazone groups is 1. The first-order valence-electron chi connectivity index (χ1n) is 12.9. The second kappa shape index (κ2) is 12.3. The summed E-state index contributed by atoms with van der Waals surface area (Å²) in [6, 6.07) is 21.1. The molecule has 0 bridgehead atoms. The van der Waals surface area contributed by atoms with Crippen LogP contribution >= 0.6 is 0 Å². The van der Waals surface area contributed by atoms with E-state index in [1.165, 1.54) is 18.2 Å². The van der Waals surface area contributed by atoms with Crippen molar-refractivity contribution in [3.8, 4) is 11.5 Å².